The monoisotopic (exact) mass is 377 g/mol. The van der Waals surface area contributed by atoms with Gasteiger partial charge in [-0.3, -0.25) is 0 Å². The number of methoxy groups -OCH3 is 2. The van der Waals surface area contributed by atoms with Gasteiger partial charge in [-0.05, 0) is 41.0 Å². The molecule has 0 bridgehead atoms. The number of nitrogens with zero attached hydrogens (tertiary/aromatic N) is 1. The quantitative estimate of drug-likeness (QED) is 0.550. The molecule has 0 saturated heterocycles. The number of rotatable bonds is 4. The third kappa shape index (κ3) is 2.74. The molecule has 2 heterocycles. The molecule has 0 radical (unpaired) electrons. The van der Waals surface area contributed by atoms with Crippen molar-refractivity contribution in [1.29, 1.82) is 0 Å². The van der Waals surface area contributed by atoms with Gasteiger partial charge in [-0.15, -0.1) is 0 Å². The molecule has 0 spiro atoms. The van der Waals surface area contributed by atoms with Gasteiger partial charge in [0.25, 0.3) is 0 Å². The van der Waals surface area contributed by atoms with E-state index in [0.717, 1.165) is 11.1 Å². The Morgan fingerprint density at radius 3 is 2.25 bits per heavy atom. The summed E-state index contributed by atoms with van der Waals surface area (Å²) < 4.78 is 12.1. The van der Waals surface area contributed by atoms with E-state index in [1.54, 1.807) is 31.4 Å². The molecular formula is C22H19NO5. The van der Waals surface area contributed by atoms with Crippen LogP contribution in [0.25, 0.3) is 11.3 Å². The minimum absolute atomic E-state index is 0.0279. The van der Waals surface area contributed by atoms with E-state index in [0.29, 0.717) is 35.7 Å². The molecule has 1 aliphatic rings. The molecule has 0 unspecified atom stereocenters. The van der Waals surface area contributed by atoms with Gasteiger partial charge in [0, 0.05) is 18.7 Å². The first-order valence-electron chi connectivity index (χ1n) is 8.83. The Morgan fingerprint density at radius 1 is 0.964 bits per heavy atom. The molecule has 28 heavy (non-hydrogen) atoms. The van der Waals surface area contributed by atoms with Crippen LogP contribution < -0.4 is 4.74 Å². The molecule has 4 rings (SSSR count). The predicted octanol–water partition coefficient (Wildman–Crippen LogP) is 3.60. The maximum absolute atomic E-state index is 12.5. The molecule has 6 nitrogen and oxygen atoms in total. The van der Waals surface area contributed by atoms with Gasteiger partial charge in [-0.25, -0.2) is 9.59 Å². The Hall–Kier alpha value is -3.54. The van der Waals surface area contributed by atoms with E-state index < -0.39 is 11.9 Å². The van der Waals surface area contributed by atoms with Crippen LogP contribution in [0.5, 0.6) is 5.75 Å². The Bertz CT molecular complexity index is 1080. The zero-order valence-corrected chi connectivity index (χ0v) is 15.6. The SMILES string of the molecule is COC(=O)c1c(C(=O)O)c(-c2ccc(OC)cc2)n2c1Cc1ccccc1C2. The van der Waals surface area contributed by atoms with Crippen LogP contribution >= 0.6 is 0 Å². The van der Waals surface area contributed by atoms with Crippen molar-refractivity contribution in [3.63, 3.8) is 0 Å². The highest BCUT2D eigenvalue weighted by atomic mass is 16.5. The smallest absolute Gasteiger partial charge is 0.340 e. The van der Waals surface area contributed by atoms with Crippen LogP contribution in [0.15, 0.2) is 48.5 Å². The number of carboxylic acid groups (broad SMARTS) is 1. The Balaban J connectivity index is 2.01. The zero-order chi connectivity index (χ0) is 19.8. The minimum atomic E-state index is -1.16. The summed E-state index contributed by atoms with van der Waals surface area (Å²) in [5, 5.41) is 9.97. The molecule has 1 N–H and O–H groups in total. The van der Waals surface area contributed by atoms with E-state index in [4.69, 9.17) is 9.47 Å². The lowest BCUT2D eigenvalue weighted by atomic mass is 9.97. The van der Waals surface area contributed by atoms with Crippen molar-refractivity contribution in [3.05, 3.63) is 76.5 Å². The number of carboxylic acids is 1. The molecular weight excluding hydrogens is 358 g/mol. The van der Waals surface area contributed by atoms with E-state index in [1.165, 1.54) is 7.11 Å². The van der Waals surface area contributed by atoms with Crippen LogP contribution in [-0.4, -0.2) is 35.8 Å². The highest BCUT2D eigenvalue weighted by Crippen LogP contribution is 2.38. The van der Waals surface area contributed by atoms with Gasteiger partial charge in [0.15, 0.2) is 0 Å². The van der Waals surface area contributed by atoms with Crippen molar-refractivity contribution < 1.29 is 24.2 Å². The third-order valence-electron chi connectivity index (χ3n) is 5.14. The minimum Gasteiger partial charge on any atom is -0.497 e. The number of fused-ring (bicyclic) bond motifs is 2. The van der Waals surface area contributed by atoms with Gasteiger partial charge in [-0.1, -0.05) is 24.3 Å². The number of aromatic nitrogens is 1. The summed E-state index contributed by atoms with van der Waals surface area (Å²) in [5.74, 6) is -1.12. The third-order valence-corrected chi connectivity index (χ3v) is 5.14. The summed E-state index contributed by atoms with van der Waals surface area (Å²) in [7, 11) is 2.84. The van der Waals surface area contributed by atoms with Gasteiger partial charge in [0.2, 0.25) is 0 Å². The van der Waals surface area contributed by atoms with E-state index in [-0.39, 0.29) is 11.1 Å². The van der Waals surface area contributed by atoms with Crippen molar-refractivity contribution >= 4 is 11.9 Å². The first-order valence-corrected chi connectivity index (χ1v) is 8.83. The lowest BCUT2D eigenvalue weighted by Gasteiger charge is -2.22. The Kier molecular flexibility index (Phi) is 4.39. The number of carbonyl (C=O) groups excluding carboxylic acids is 1. The van der Waals surface area contributed by atoms with Crippen LogP contribution in [-0.2, 0) is 17.7 Å². The fourth-order valence-corrected chi connectivity index (χ4v) is 3.84. The maximum atomic E-state index is 12.5. The van der Waals surface area contributed by atoms with Crippen LogP contribution in [0.2, 0.25) is 0 Å². The van der Waals surface area contributed by atoms with Crippen LogP contribution in [0.4, 0.5) is 0 Å². The average Bonchev–Trinajstić information content (AvgIpc) is 3.06. The van der Waals surface area contributed by atoms with Gasteiger partial charge in [0.1, 0.15) is 11.3 Å². The fraction of sp³-hybridized carbons (Fsp3) is 0.182. The molecule has 142 valence electrons. The molecule has 0 atom stereocenters. The first-order chi connectivity index (χ1) is 13.5. The van der Waals surface area contributed by atoms with Crippen molar-refractivity contribution in [2.24, 2.45) is 0 Å². The summed E-state index contributed by atoms with van der Waals surface area (Å²) in [4.78, 5) is 24.8. The summed E-state index contributed by atoms with van der Waals surface area (Å²) in [6.07, 6.45) is 0.469. The number of hydrogen-bond donors (Lipinski definition) is 1. The highest BCUT2D eigenvalue weighted by molar-refractivity contribution is 6.08. The maximum Gasteiger partial charge on any atom is 0.340 e. The second-order valence-electron chi connectivity index (χ2n) is 6.60. The molecule has 6 heteroatoms. The van der Waals surface area contributed by atoms with Gasteiger partial charge in [0.05, 0.1) is 25.5 Å². The summed E-state index contributed by atoms with van der Waals surface area (Å²) in [6, 6.07) is 15.1. The van der Waals surface area contributed by atoms with Crippen molar-refractivity contribution in [2.45, 2.75) is 13.0 Å². The number of carbonyl (C=O) groups is 2. The summed E-state index contributed by atoms with van der Waals surface area (Å²) in [5.41, 5.74) is 4.14. The topological polar surface area (TPSA) is 77.8 Å². The molecule has 0 aliphatic carbocycles. The standard InChI is InChI=1S/C22H19NO5/c1-27-16-9-7-13(8-10-16)20-19(21(24)25)18(22(26)28-2)17-11-14-5-3-4-6-15(14)12-23(17)20/h3-10H,11-12H2,1-2H3,(H,24,25). The molecule has 0 amide bonds. The second kappa shape index (κ2) is 6.88. The molecule has 1 aliphatic heterocycles. The lowest BCUT2D eigenvalue weighted by molar-refractivity contribution is 0.0582. The number of aromatic carboxylic acids is 1. The fourth-order valence-electron chi connectivity index (χ4n) is 3.84. The lowest BCUT2D eigenvalue weighted by Crippen LogP contribution is -2.17. The van der Waals surface area contributed by atoms with Gasteiger partial charge < -0.3 is 19.1 Å². The zero-order valence-electron chi connectivity index (χ0n) is 15.6. The van der Waals surface area contributed by atoms with Crippen LogP contribution in [0, 0.1) is 0 Å². The van der Waals surface area contributed by atoms with E-state index >= 15 is 0 Å². The molecule has 0 saturated carbocycles. The highest BCUT2D eigenvalue weighted by Gasteiger charge is 2.34. The molecule has 2 aromatic carbocycles. The largest absolute Gasteiger partial charge is 0.497 e. The summed E-state index contributed by atoms with van der Waals surface area (Å²) in [6.45, 7) is 0.490. The van der Waals surface area contributed by atoms with E-state index in [1.807, 2.05) is 28.8 Å². The first kappa shape index (κ1) is 17.9. The van der Waals surface area contributed by atoms with Crippen molar-refractivity contribution in [3.8, 4) is 17.0 Å². The summed E-state index contributed by atoms with van der Waals surface area (Å²) >= 11 is 0. The number of esters is 1. The van der Waals surface area contributed by atoms with Gasteiger partial charge in [-0.2, -0.15) is 0 Å². The molecule has 1 aromatic heterocycles. The average molecular weight is 377 g/mol. The second-order valence-corrected chi connectivity index (χ2v) is 6.60. The molecule has 0 fully saturated rings. The van der Waals surface area contributed by atoms with E-state index in [9.17, 15) is 14.7 Å². The predicted molar refractivity (Wildman–Crippen MR) is 103 cm³/mol. The van der Waals surface area contributed by atoms with Crippen molar-refractivity contribution in [2.75, 3.05) is 14.2 Å². The van der Waals surface area contributed by atoms with Crippen LogP contribution in [0.3, 0.4) is 0 Å². The Morgan fingerprint density at radius 2 is 1.64 bits per heavy atom. The van der Waals surface area contributed by atoms with Crippen molar-refractivity contribution in [1.82, 2.24) is 4.57 Å². The normalized spacial score (nSPS) is 12.1. The number of benzene rings is 2. The Labute approximate surface area is 161 Å². The van der Waals surface area contributed by atoms with Gasteiger partial charge >= 0.3 is 11.9 Å². The van der Waals surface area contributed by atoms with E-state index in [2.05, 4.69) is 0 Å². The molecule has 3 aromatic rings. The number of ether oxygens (including phenoxy) is 2. The number of hydrogen-bond acceptors (Lipinski definition) is 4. The van der Waals surface area contributed by atoms with Crippen LogP contribution in [0.1, 0.15) is 37.5 Å².